The predicted molar refractivity (Wildman–Crippen MR) is 114 cm³/mol. The minimum Gasteiger partial charge on any atom is -0.491 e. The summed E-state index contributed by atoms with van der Waals surface area (Å²) in [5.41, 5.74) is 2.40. The highest BCUT2D eigenvalue weighted by atomic mass is 19.3. The van der Waals surface area contributed by atoms with Crippen molar-refractivity contribution < 1.29 is 23.0 Å². The molecule has 0 radical (unpaired) electrons. The number of alkyl halides is 2. The highest BCUT2D eigenvalue weighted by Gasteiger charge is 2.29. The SMILES string of the molecule is COCc1ccc(-c2cnc(NC(C)=O)cc2Nc2nc(C(C)(F)F)ncc2OC)nc1. The number of anilines is 3. The Morgan fingerprint density at radius 2 is 1.91 bits per heavy atom. The Hall–Kier alpha value is -3.73. The molecule has 0 aromatic carbocycles. The number of ether oxygens (including phenoxy) is 2. The number of hydrogen-bond acceptors (Lipinski definition) is 8. The maximum atomic E-state index is 13.8. The molecule has 1 amide bonds. The number of hydrogen-bond donors (Lipinski definition) is 2. The number of nitrogens with one attached hydrogen (secondary N) is 2. The summed E-state index contributed by atoms with van der Waals surface area (Å²) < 4.78 is 37.9. The van der Waals surface area contributed by atoms with Crippen LogP contribution >= 0.6 is 0 Å². The molecular weight excluding hydrogens is 422 g/mol. The molecule has 11 heteroatoms. The van der Waals surface area contributed by atoms with E-state index in [9.17, 15) is 13.6 Å². The van der Waals surface area contributed by atoms with E-state index in [1.54, 1.807) is 25.4 Å². The van der Waals surface area contributed by atoms with E-state index in [4.69, 9.17) is 9.47 Å². The number of rotatable bonds is 8. The summed E-state index contributed by atoms with van der Waals surface area (Å²) in [6.45, 7) is 2.46. The van der Waals surface area contributed by atoms with Crippen molar-refractivity contribution in [3.63, 3.8) is 0 Å². The number of carbonyl (C=O) groups is 1. The van der Waals surface area contributed by atoms with Crippen LogP contribution in [0.3, 0.4) is 0 Å². The van der Waals surface area contributed by atoms with Gasteiger partial charge in [0.05, 0.1) is 31.3 Å². The lowest BCUT2D eigenvalue weighted by molar-refractivity contribution is -0.114. The Balaban J connectivity index is 2.08. The van der Waals surface area contributed by atoms with Gasteiger partial charge in [-0.3, -0.25) is 9.78 Å². The Labute approximate surface area is 183 Å². The molecule has 0 aliphatic heterocycles. The monoisotopic (exact) mass is 444 g/mol. The van der Waals surface area contributed by atoms with Gasteiger partial charge < -0.3 is 20.1 Å². The van der Waals surface area contributed by atoms with Crippen LogP contribution in [0, 0.1) is 0 Å². The molecule has 0 fully saturated rings. The molecule has 168 valence electrons. The third kappa shape index (κ3) is 5.49. The minimum absolute atomic E-state index is 0.0243. The molecule has 0 aliphatic rings. The van der Waals surface area contributed by atoms with Crippen molar-refractivity contribution in [2.45, 2.75) is 26.4 Å². The molecule has 3 rings (SSSR count). The normalized spacial score (nSPS) is 11.2. The fourth-order valence-electron chi connectivity index (χ4n) is 2.80. The fourth-order valence-corrected chi connectivity index (χ4v) is 2.80. The molecule has 32 heavy (non-hydrogen) atoms. The van der Waals surface area contributed by atoms with E-state index in [1.165, 1.54) is 20.2 Å². The molecule has 0 atom stereocenters. The Morgan fingerprint density at radius 3 is 2.50 bits per heavy atom. The molecule has 0 saturated carbocycles. The number of aromatic nitrogens is 4. The van der Waals surface area contributed by atoms with E-state index < -0.39 is 11.7 Å². The van der Waals surface area contributed by atoms with E-state index in [-0.39, 0.29) is 23.3 Å². The molecule has 0 spiro atoms. The van der Waals surface area contributed by atoms with Gasteiger partial charge in [-0.05, 0) is 11.6 Å². The Morgan fingerprint density at radius 1 is 1.12 bits per heavy atom. The molecule has 0 aliphatic carbocycles. The van der Waals surface area contributed by atoms with Crippen LogP contribution in [0.5, 0.6) is 5.75 Å². The lowest BCUT2D eigenvalue weighted by atomic mass is 10.1. The van der Waals surface area contributed by atoms with Gasteiger partial charge in [-0.1, -0.05) is 6.07 Å². The van der Waals surface area contributed by atoms with Gasteiger partial charge in [-0.2, -0.15) is 8.78 Å². The molecule has 0 bridgehead atoms. The highest BCUT2D eigenvalue weighted by Crippen LogP contribution is 2.34. The van der Waals surface area contributed by atoms with Crippen LogP contribution in [0.4, 0.5) is 26.1 Å². The van der Waals surface area contributed by atoms with Crippen molar-refractivity contribution >= 4 is 23.2 Å². The predicted octanol–water partition coefficient (Wildman–Crippen LogP) is 3.90. The van der Waals surface area contributed by atoms with E-state index in [0.29, 0.717) is 30.5 Å². The van der Waals surface area contributed by atoms with Crippen LogP contribution in [-0.2, 0) is 22.1 Å². The van der Waals surface area contributed by atoms with Gasteiger partial charge in [0.15, 0.2) is 11.6 Å². The first-order chi connectivity index (χ1) is 15.2. The quantitative estimate of drug-likeness (QED) is 0.538. The van der Waals surface area contributed by atoms with E-state index in [2.05, 4.69) is 30.6 Å². The summed E-state index contributed by atoms with van der Waals surface area (Å²) in [4.78, 5) is 27.7. The highest BCUT2D eigenvalue weighted by molar-refractivity contribution is 5.90. The van der Waals surface area contributed by atoms with Crippen molar-refractivity contribution in [1.82, 2.24) is 19.9 Å². The molecule has 3 heterocycles. The maximum Gasteiger partial charge on any atom is 0.303 e. The van der Waals surface area contributed by atoms with Crippen LogP contribution < -0.4 is 15.4 Å². The Kier molecular flexibility index (Phi) is 6.89. The Bertz CT molecular complexity index is 1100. The van der Waals surface area contributed by atoms with Crippen LogP contribution in [0.2, 0.25) is 0 Å². The fraction of sp³-hybridized carbons (Fsp3) is 0.286. The van der Waals surface area contributed by atoms with Gasteiger partial charge >= 0.3 is 5.92 Å². The topological polar surface area (TPSA) is 111 Å². The standard InChI is InChI=1S/C21H22F2N6O3/c1-12(30)27-18-7-16(14(9-25-18)15-6-5-13(8-24-15)11-31-3)28-19-17(32-4)10-26-20(29-19)21(2,22)23/h5-10H,11H2,1-4H3,(H2,25,26,27,28,29,30). The smallest absolute Gasteiger partial charge is 0.303 e. The average Bonchev–Trinajstić information content (AvgIpc) is 2.74. The number of halogens is 2. The third-order valence-corrected chi connectivity index (χ3v) is 4.24. The first-order valence-electron chi connectivity index (χ1n) is 9.49. The van der Waals surface area contributed by atoms with Crippen molar-refractivity contribution in [2.75, 3.05) is 24.9 Å². The molecule has 3 aromatic heterocycles. The second-order valence-corrected chi connectivity index (χ2v) is 6.90. The zero-order valence-electron chi connectivity index (χ0n) is 17.9. The van der Waals surface area contributed by atoms with Crippen LogP contribution in [-0.4, -0.2) is 40.1 Å². The summed E-state index contributed by atoms with van der Waals surface area (Å²) in [5, 5.41) is 5.58. The van der Waals surface area contributed by atoms with Crippen molar-refractivity contribution in [3.8, 4) is 17.0 Å². The second kappa shape index (κ2) is 9.60. The number of carbonyl (C=O) groups excluding carboxylic acids is 1. The van der Waals surface area contributed by atoms with Gasteiger partial charge in [-0.15, -0.1) is 0 Å². The van der Waals surface area contributed by atoms with Gasteiger partial charge in [0.25, 0.3) is 0 Å². The van der Waals surface area contributed by atoms with E-state index in [1.807, 2.05) is 6.07 Å². The molecular formula is C21H22F2N6O3. The molecule has 0 saturated heterocycles. The summed E-state index contributed by atoms with van der Waals surface area (Å²) >= 11 is 0. The van der Waals surface area contributed by atoms with Gasteiger partial charge in [0, 0.05) is 45.0 Å². The first kappa shape index (κ1) is 22.9. The lowest BCUT2D eigenvalue weighted by Gasteiger charge is -2.16. The first-order valence-corrected chi connectivity index (χ1v) is 9.49. The largest absolute Gasteiger partial charge is 0.491 e. The molecule has 2 N–H and O–H groups in total. The van der Waals surface area contributed by atoms with Gasteiger partial charge in [0.2, 0.25) is 11.7 Å². The maximum absolute atomic E-state index is 13.8. The van der Waals surface area contributed by atoms with Crippen molar-refractivity contribution in [1.29, 1.82) is 0 Å². The zero-order chi connectivity index (χ0) is 23.3. The average molecular weight is 444 g/mol. The van der Waals surface area contributed by atoms with Gasteiger partial charge in [0.1, 0.15) is 5.82 Å². The summed E-state index contributed by atoms with van der Waals surface area (Å²) in [6.07, 6.45) is 4.33. The number of nitrogens with zero attached hydrogens (tertiary/aromatic N) is 4. The summed E-state index contributed by atoms with van der Waals surface area (Å²) in [7, 11) is 2.96. The molecule has 3 aromatic rings. The van der Waals surface area contributed by atoms with Crippen LogP contribution in [0.1, 0.15) is 25.2 Å². The number of methoxy groups -OCH3 is 2. The van der Waals surface area contributed by atoms with E-state index in [0.717, 1.165) is 11.8 Å². The van der Waals surface area contributed by atoms with E-state index >= 15 is 0 Å². The minimum atomic E-state index is -3.25. The number of amides is 1. The lowest BCUT2D eigenvalue weighted by Crippen LogP contribution is -2.14. The van der Waals surface area contributed by atoms with Crippen molar-refractivity contribution in [2.24, 2.45) is 0 Å². The van der Waals surface area contributed by atoms with Crippen LogP contribution in [0.25, 0.3) is 11.3 Å². The molecule has 0 unspecified atom stereocenters. The van der Waals surface area contributed by atoms with Crippen LogP contribution in [0.15, 0.2) is 36.8 Å². The van der Waals surface area contributed by atoms with Gasteiger partial charge in [-0.25, -0.2) is 15.0 Å². The third-order valence-electron chi connectivity index (χ3n) is 4.24. The van der Waals surface area contributed by atoms with Crippen molar-refractivity contribution in [3.05, 3.63) is 48.2 Å². The second-order valence-electron chi connectivity index (χ2n) is 6.90. The molecule has 9 nitrogen and oxygen atoms in total. The summed E-state index contributed by atoms with van der Waals surface area (Å²) in [6, 6.07) is 5.17. The number of pyridine rings is 2. The summed E-state index contributed by atoms with van der Waals surface area (Å²) in [5.74, 6) is -3.79. The zero-order valence-corrected chi connectivity index (χ0v) is 17.9.